The van der Waals surface area contributed by atoms with Gasteiger partial charge in [0.15, 0.2) is 0 Å². The second-order valence-corrected chi connectivity index (χ2v) is 2.95. The Hall–Kier alpha value is -1.90. The summed E-state index contributed by atoms with van der Waals surface area (Å²) >= 11 is 0. The highest BCUT2D eigenvalue weighted by Crippen LogP contribution is 2.06. The molecule has 2 rings (SSSR count). The maximum atomic E-state index is 4.08. The lowest BCUT2D eigenvalue weighted by atomic mass is 10.2. The molecule has 0 atom stereocenters. The molecule has 0 bridgehead atoms. The van der Waals surface area contributed by atoms with Gasteiger partial charge < -0.3 is 0 Å². The number of allylic oxidation sites excluding steroid dienone is 4. The van der Waals surface area contributed by atoms with Crippen LogP contribution >= 0.6 is 0 Å². The molecule has 1 aromatic rings. The Morgan fingerprint density at radius 1 is 1.29 bits per heavy atom. The van der Waals surface area contributed by atoms with E-state index < -0.39 is 0 Å². The molecule has 1 aliphatic rings. The van der Waals surface area contributed by atoms with E-state index >= 15 is 0 Å². The lowest BCUT2D eigenvalue weighted by molar-refractivity contribution is 1.16. The van der Waals surface area contributed by atoms with E-state index in [0.717, 1.165) is 5.82 Å². The number of aromatic nitrogens is 1. The average molecular weight is 185 g/mol. The lowest BCUT2D eigenvalue weighted by Crippen LogP contribution is -1.96. The summed E-state index contributed by atoms with van der Waals surface area (Å²) < 4.78 is 0. The molecule has 0 spiro atoms. The number of hydrogen-bond acceptors (Lipinski definition) is 3. The van der Waals surface area contributed by atoms with Crippen LogP contribution in [-0.2, 0) is 0 Å². The minimum absolute atomic E-state index is 0.311. The van der Waals surface area contributed by atoms with E-state index in [1.807, 2.05) is 36.6 Å². The van der Waals surface area contributed by atoms with Crippen molar-refractivity contribution < 1.29 is 0 Å². The molecule has 0 radical (unpaired) electrons. The van der Waals surface area contributed by atoms with Gasteiger partial charge in [0.1, 0.15) is 5.82 Å². The van der Waals surface area contributed by atoms with Crippen molar-refractivity contribution in [3.63, 3.8) is 0 Å². The summed E-state index contributed by atoms with van der Waals surface area (Å²) in [6.45, 7) is 0. The Kier molecular flexibility index (Phi) is 2.71. The Morgan fingerprint density at radius 2 is 2.14 bits per heavy atom. The highest BCUT2D eigenvalue weighted by molar-refractivity contribution is 5.68. The molecule has 0 saturated carbocycles. The largest absolute Gasteiger partial charge is 0.262 e. The first kappa shape index (κ1) is 8.69. The minimum Gasteiger partial charge on any atom is -0.262 e. The molecule has 1 aliphatic carbocycles. The van der Waals surface area contributed by atoms with Gasteiger partial charge in [0.25, 0.3) is 0 Å². The number of pyridine rings is 1. The van der Waals surface area contributed by atoms with E-state index in [1.165, 1.54) is 0 Å². The summed E-state index contributed by atoms with van der Waals surface area (Å²) in [6.07, 6.45) is 11.7. The van der Waals surface area contributed by atoms with Crippen LogP contribution in [0, 0.1) is 5.92 Å². The van der Waals surface area contributed by atoms with E-state index in [1.54, 1.807) is 6.20 Å². The first-order valence-corrected chi connectivity index (χ1v) is 4.50. The van der Waals surface area contributed by atoms with Gasteiger partial charge in [0.2, 0.25) is 0 Å². The first-order valence-electron chi connectivity index (χ1n) is 4.50. The highest BCUT2D eigenvalue weighted by Gasteiger charge is 1.97. The van der Waals surface area contributed by atoms with Crippen molar-refractivity contribution in [3.05, 3.63) is 48.7 Å². The molecule has 0 amide bonds. The monoisotopic (exact) mass is 185 g/mol. The van der Waals surface area contributed by atoms with Crippen LogP contribution in [0.25, 0.3) is 0 Å². The third kappa shape index (κ3) is 2.29. The molecule has 0 fully saturated rings. The lowest BCUT2D eigenvalue weighted by Gasteiger charge is -1.98. The molecule has 0 aromatic carbocycles. The summed E-state index contributed by atoms with van der Waals surface area (Å²) in [5.74, 6) is 1.07. The number of hydrazone groups is 1. The van der Waals surface area contributed by atoms with Crippen LogP contribution in [0.1, 0.15) is 0 Å². The molecular weight excluding hydrogens is 174 g/mol. The van der Waals surface area contributed by atoms with Gasteiger partial charge in [-0.05, 0) is 12.1 Å². The molecule has 0 unspecified atom stereocenters. The fourth-order valence-electron chi connectivity index (χ4n) is 1.17. The molecule has 1 aromatic heterocycles. The minimum atomic E-state index is 0.311. The molecule has 1 N–H and O–H groups in total. The van der Waals surface area contributed by atoms with Gasteiger partial charge in [-0.15, -0.1) is 0 Å². The average Bonchev–Trinajstić information content (AvgIpc) is 2.72. The fraction of sp³-hybridized carbons (Fsp3) is 0.0909. The van der Waals surface area contributed by atoms with E-state index in [9.17, 15) is 0 Å². The molecule has 14 heavy (non-hydrogen) atoms. The summed E-state index contributed by atoms with van der Waals surface area (Å²) in [7, 11) is 0. The molecule has 3 heteroatoms. The maximum absolute atomic E-state index is 4.08. The van der Waals surface area contributed by atoms with Crippen LogP contribution in [0.3, 0.4) is 0 Å². The van der Waals surface area contributed by atoms with Crippen molar-refractivity contribution in [2.75, 3.05) is 5.43 Å². The maximum Gasteiger partial charge on any atom is 0.146 e. The summed E-state index contributed by atoms with van der Waals surface area (Å²) in [5.41, 5.74) is 2.86. The quantitative estimate of drug-likeness (QED) is 0.579. The van der Waals surface area contributed by atoms with Crippen molar-refractivity contribution in [2.24, 2.45) is 11.0 Å². The molecule has 70 valence electrons. The molecule has 0 aliphatic heterocycles. The number of nitrogens with zero attached hydrogens (tertiary/aromatic N) is 2. The molecular formula is C11H11N3. The van der Waals surface area contributed by atoms with E-state index in [4.69, 9.17) is 0 Å². The molecule has 0 saturated heterocycles. The zero-order valence-electron chi connectivity index (χ0n) is 7.67. The Labute approximate surface area is 82.9 Å². The second-order valence-electron chi connectivity index (χ2n) is 2.95. The summed E-state index contributed by atoms with van der Waals surface area (Å²) in [5, 5.41) is 4.08. The van der Waals surface area contributed by atoms with Gasteiger partial charge in [-0.2, -0.15) is 5.10 Å². The van der Waals surface area contributed by atoms with Crippen molar-refractivity contribution >= 4 is 12.0 Å². The standard InChI is InChI=1S/C11H11N3/c1-2-6-10(5-1)9-13-14-11-7-3-4-8-12-11/h1-10H,(H,12,14)/b13-9+. The predicted molar refractivity (Wildman–Crippen MR) is 58.1 cm³/mol. The van der Waals surface area contributed by atoms with Crippen LogP contribution in [0.5, 0.6) is 0 Å². The molecule has 1 heterocycles. The van der Waals surface area contributed by atoms with E-state index in [0.29, 0.717) is 5.92 Å². The number of hydrogen-bond donors (Lipinski definition) is 1. The Balaban J connectivity index is 1.88. The highest BCUT2D eigenvalue weighted by atomic mass is 15.3. The fourth-order valence-corrected chi connectivity index (χ4v) is 1.17. The summed E-state index contributed by atoms with van der Waals surface area (Å²) in [6, 6.07) is 5.66. The number of rotatable bonds is 3. The van der Waals surface area contributed by atoms with Crippen LogP contribution in [0.4, 0.5) is 5.82 Å². The Bertz CT molecular complexity index is 353. The van der Waals surface area contributed by atoms with Gasteiger partial charge in [0.05, 0.1) is 0 Å². The summed E-state index contributed by atoms with van der Waals surface area (Å²) in [4.78, 5) is 4.08. The van der Waals surface area contributed by atoms with Crippen LogP contribution in [0.2, 0.25) is 0 Å². The van der Waals surface area contributed by atoms with Crippen LogP contribution < -0.4 is 5.43 Å². The second kappa shape index (κ2) is 4.37. The predicted octanol–water partition coefficient (Wildman–Crippen LogP) is 2.22. The first-order chi connectivity index (χ1) is 6.95. The SMILES string of the molecule is C1=CC(/C=N/Nc2ccccn2)C=C1. The van der Waals surface area contributed by atoms with Gasteiger partial charge in [-0.1, -0.05) is 30.4 Å². The van der Waals surface area contributed by atoms with E-state index in [-0.39, 0.29) is 0 Å². The zero-order valence-corrected chi connectivity index (χ0v) is 7.67. The van der Waals surface area contributed by atoms with Crippen LogP contribution in [-0.4, -0.2) is 11.2 Å². The van der Waals surface area contributed by atoms with Crippen molar-refractivity contribution in [1.29, 1.82) is 0 Å². The molecule has 3 nitrogen and oxygen atoms in total. The Morgan fingerprint density at radius 3 is 2.86 bits per heavy atom. The van der Waals surface area contributed by atoms with Crippen molar-refractivity contribution in [2.45, 2.75) is 0 Å². The van der Waals surface area contributed by atoms with Gasteiger partial charge in [-0.25, -0.2) is 4.98 Å². The topological polar surface area (TPSA) is 37.3 Å². The van der Waals surface area contributed by atoms with Crippen molar-refractivity contribution in [3.8, 4) is 0 Å². The normalized spacial score (nSPS) is 15.4. The van der Waals surface area contributed by atoms with Crippen LogP contribution in [0.15, 0.2) is 53.8 Å². The van der Waals surface area contributed by atoms with E-state index in [2.05, 4.69) is 27.7 Å². The smallest absolute Gasteiger partial charge is 0.146 e. The third-order valence-electron chi connectivity index (χ3n) is 1.87. The third-order valence-corrected chi connectivity index (χ3v) is 1.87. The number of anilines is 1. The zero-order chi connectivity index (χ0) is 9.64. The number of nitrogens with one attached hydrogen (secondary N) is 1. The van der Waals surface area contributed by atoms with Gasteiger partial charge >= 0.3 is 0 Å². The van der Waals surface area contributed by atoms with Gasteiger partial charge in [0, 0.05) is 18.3 Å². The van der Waals surface area contributed by atoms with Gasteiger partial charge in [-0.3, -0.25) is 5.43 Å². The van der Waals surface area contributed by atoms with Crippen molar-refractivity contribution in [1.82, 2.24) is 4.98 Å².